The van der Waals surface area contributed by atoms with Crippen molar-refractivity contribution in [2.24, 2.45) is 17.3 Å². The monoisotopic (exact) mass is 316 g/mol. The Balaban J connectivity index is 1.79. The van der Waals surface area contributed by atoms with Crippen molar-refractivity contribution < 1.29 is 19.0 Å². The summed E-state index contributed by atoms with van der Waals surface area (Å²) in [4.78, 5) is 12.9. The third-order valence-corrected chi connectivity index (χ3v) is 6.57. The number of hydrogen-bond donors (Lipinski definition) is 0. The lowest BCUT2D eigenvalue weighted by molar-refractivity contribution is -0.189. The Hall–Kier alpha value is -1.71. The van der Waals surface area contributed by atoms with Gasteiger partial charge >= 0.3 is 0 Å². The molecule has 3 fully saturated rings. The van der Waals surface area contributed by atoms with E-state index in [0.29, 0.717) is 35.2 Å². The summed E-state index contributed by atoms with van der Waals surface area (Å²) in [7, 11) is 3.19. The zero-order valence-electron chi connectivity index (χ0n) is 14.3. The number of rotatable bonds is 2. The molecule has 4 aliphatic rings. The van der Waals surface area contributed by atoms with E-state index in [-0.39, 0.29) is 16.8 Å². The summed E-state index contributed by atoms with van der Waals surface area (Å²) < 4.78 is 17.3. The highest BCUT2D eigenvalue weighted by Crippen LogP contribution is 2.65. The van der Waals surface area contributed by atoms with Crippen molar-refractivity contribution in [2.75, 3.05) is 14.2 Å². The van der Waals surface area contributed by atoms with Crippen LogP contribution in [0.2, 0.25) is 0 Å². The number of hydrogen-bond acceptors (Lipinski definition) is 4. The highest BCUT2D eigenvalue weighted by Gasteiger charge is 2.64. The molecule has 4 heteroatoms. The summed E-state index contributed by atoms with van der Waals surface area (Å²) in [6.45, 7) is 4.64. The first kappa shape index (κ1) is 14.9. The van der Waals surface area contributed by atoms with Crippen LogP contribution in [0.3, 0.4) is 0 Å². The number of benzene rings is 1. The topological polar surface area (TPSA) is 44.8 Å². The van der Waals surface area contributed by atoms with Gasteiger partial charge < -0.3 is 14.2 Å². The maximum Gasteiger partial charge on any atom is 0.174 e. The molecule has 1 aromatic rings. The molecular weight excluding hydrogens is 292 g/mol. The Kier molecular flexibility index (Phi) is 3.00. The molecule has 4 nitrogen and oxygen atoms in total. The molecule has 3 atom stereocenters. The molecule has 23 heavy (non-hydrogen) atoms. The van der Waals surface area contributed by atoms with Gasteiger partial charge in [-0.3, -0.25) is 4.79 Å². The molecule has 0 N–H and O–H groups in total. The lowest BCUT2D eigenvalue weighted by Gasteiger charge is -2.65. The Morgan fingerprint density at radius 3 is 2.61 bits per heavy atom. The lowest BCUT2D eigenvalue weighted by atomic mass is 9.43. The quantitative estimate of drug-likeness (QED) is 0.831. The molecule has 1 aromatic carbocycles. The highest BCUT2D eigenvalue weighted by atomic mass is 16.5. The van der Waals surface area contributed by atoms with Crippen LogP contribution in [0.4, 0.5) is 0 Å². The molecule has 3 aliphatic carbocycles. The van der Waals surface area contributed by atoms with Crippen molar-refractivity contribution in [1.82, 2.24) is 0 Å². The van der Waals surface area contributed by atoms with E-state index in [4.69, 9.17) is 14.2 Å². The number of Topliss-reactive ketones (excluding diaryl/α,β-unsaturated/α-hetero) is 1. The van der Waals surface area contributed by atoms with Crippen LogP contribution in [0.15, 0.2) is 12.1 Å². The van der Waals surface area contributed by atoms with Gasteiger partial charge in [-0.25, -0.2) is 0 Å². The van der Waals surface area contributed by atoms with Crippen molar-refractivity contribution >= 4 is 5.78 Å². The molecule has 1 aliphatic heterocycles. The normalized spacial score (nSPS) is 33.5. The highest BCUT2D eigenvalue weighted by molar-refractivity contribution is 6.03. The van der Waals surface area contributed by atoms with E-state index in [1.807, 2.05) is 6.07 Å². The number of carbonyl (C=O) groups excluding carboxylic acids is 1. The van der Waals surface area contributed by atoms with Gasteiger partial charge in [-0.2, -0.15) is 0 Å². The summed E-state index contributed by atoms with van der Waals surface area (Å²) in [5, 5.41) is 0. The summed E-state index contributed by atoms with van der Waals surface area (Å²) in [6, 6.07) is 3.58. The number of methoxy groups -OCH3 is 2. The van der Waals surface area contributed by atoms with Crippen molar-refractivity contribution in [3.8, 4) is 17.2 Å². The maximum atomic E-state index is 12.9. The van der Waals surface area contributed by atoms with Crippen LogP contribution in [0.1, 0.15) is 49.9 Å². The van der Waals surface area contributed by atoms with E-state index in [2.05, 4.69) is 13.8 Å². The van der Waals surface area contributed by atoms with E-state index in [9.17, 15) is 4.79 Å². The van der Waals surface area contributed by atoms with Gasteiger partial charge in [0.1, 0.15) is 28.4 Å². The molecule has 5 rings (SSSR count). The van der Waals surface area contributed by atoms with E-state index in [1.54, 1.807) is 20.3 Å². The third kappa shape index (κ3) is 1.87. The fraction of sp³-hybridized carbons (Fsp3) is 0.632. The Morgan fingerprint density at radius 2 is 2.00 bits per heavy atom. The summed E-state index contributed by atoms with van der Waals surface area (Å²) in [6.07, 6.45) is 3.75. The maximum absolute atomic E-state index is 12.9. The second kappa shape index (κ2) is 4.65. The molecule has 1 heterocycles. The largest absolute Gasteiger partial charge is 0.496 e. The van der Waals surface area contributed by atoms with Crippen LogP contribution >= 0.6 is 0 Å². The molecule has 0 unspecified atom stereocenters. The number of ether oxygens (including phenoxy) is 3. The molecule has 2 bridgehead atoms. The first-order valence-electron chi connectivity index (χ1n) is 8.39. The molecular formula is C19H24O4. The van der Waals surface area contributed by atoms with Gasteiger partial charge in [0, 0.05) is 18.1 Å². The molecule has 0 aromatic heterocycles. The first-order valence-corrected chi connectivity index (χ1v) is 8.39. The fourth-order valence-electron chi connectivity index (χ4n) is 5.14. The van der Waals surface area contributed by atoms with E-state index >= 15 is 0 Å². The molecule has 1 spiro atoms. The summed E-state index contributed by atoms with van der Waals surface area (Å²) in [5.74, 6) is 3.18. The lowest BCUT2D eigenvalue weighted by Crippen LogP contribution is -2.65. The zero-order chi connectivity index (χ0) is 16.4. The SMILES string of the molecule is COc1cc(OC)c2c(c1)O[C@]1(CC[C@H]3C[C@@H]1C3(C)C)CC2=O. The Morgan fingerprint density at radius 1 is 1.22 bits per heavy atom. The van der Waals surface area contributed by atoms with E-state index in [0.717, 1.165) is 18.8 Å². The van der Waals surface area contributed by atoms with Crippen LogP contribution in [0.25, 0.3) is 0 Å². The summed E-state index contributed by atoms with van der Waals surface area (Å²) in [5.41, 5.74) is 0.483. The van der Waals surface area contributed by atoms with Crippen LogP contribution in [0, 0.1) is 17.3 Å². The second-order valence-corrected chi connectivity index (χ2v) is 7.81. The Bertz CT molecular complexity index is 676. The van der Waals surface area contributed by atoms with Crippen molar-refractivity contribution in [3.05, 3.63) is 17.7 Å². The smallest absolute Gasteiger partial charge is 0.174 e. The molecule has 0 saturated heterocycles. The minimum absolute atomic E-state index is 0.131. The molecule has 0 amide bonds. The fourth-order valence-corrected chi connectivity index (χ4v) is 5.14. The minimum Gasteiger partial charge on any atom is -0.496 e. The van der Waals surface area contributed by atoms with Crippen molar-refractivity contribution in [2.45, 2.75) is 45.1 Å². The first-order chi connectivity index (χ1) is 10.9. The van der Waals surface area contributed by atoms with Crippen LogP contribution in [-0.2, 0) is 0 Å². The van der Waals surface area contributed by atoms with Gasteiger partial charge in [0.25, 0.3) is 0 Å². The van der Waals surface area contributed by atoms with Crippen LogP contribution < -0.4 is 14.2 Å². The number of fused-ring (bicyclic) bond motifs is 2. The second-order valence-electron chi connectivity index (χ2n) is 7.81. The predicted octanol–water partition coefficient (Wildman–Crippen LogP) is 3.86. The summed E-state index contributed by atoms with van der Waals surface area (Å²) >= 11 is 0. The minimum atomic E-state index is -0.348. The molecule has 0 radical (unpaired) electrons. The van der Waals surface area contributed by atoms with E-state index < -0.39 is 0 Å². The molecule has 3 saturated carbocycles. The van der Waals surface area contributed by atoms with Gasteiger partial charge in [-0.15, -0.1) is 0 Å². The van der Waals surface area contributed by atoms with Gasteiger partial charge in [0.2, 0.25) is 0 Å². The van der Waals surface area contributed by atoms with Gasteiger partial charge in [-0.05, 0) is 30.6 Å². The van der Waals surface area contributed by atoms with Gasteiger partial charge in [-0.1, -0.05) is 13.8 Å². The van der Waals surface area contributed by atoms with Gasteiger partial charge in [0.15, 0.2) is 5.78 Å². The van der Waals surface area contributed by atoms with Crippen LogP contribution in [-0.4, -0.2) is 25.6 Å². The standard InChI is InChI=1S/C19H24O4/c1-18(2)11-5-6-19(16(18)7-11)10-13(20)17-14(22-4)8-12(21-3)9-15(17)23-19/h8-9,11,16H,5-7,10H2,1-4H3/t11-,16+,19+/m0/s1. The van der Waals surface area contributed by atoms with Crippen molar-refractivity contribution in [1.29, 1.82) is 0 Å². The average molecular weight is 316 g/mol. The predicted molar refractivity (Wildman–Crippen MR) is 86.5 cm³/mol. The molecule has 124 valence electrons. The zero-order valence-corrected chi connectivity index (χ0v) is 14.3. The number of carbonyl (C=O) groups is 1. The average Bonchev–Trinajstić information content (AvgIpc) is 2.52. The van der Waals surface area contributed by atoms with Crippen molar-refractivity contribution in [3.63, 3.8) is 0 Å². The Labute approximate surface area is 137 Å². The van der Waals surface area contributed by atoms with Gasteiger partial charge in [0.05, 0.1) is 20.6 Å². The third-order valence-electron chi connectivity index (χ3n) is 6.57. The number of ketones is 1. The van der Waals surface area contributed by atoms with Crippen LogP contribution in [0.5, 0.6) is 17.2 Å². The van der Waals surface area contributed by atoms with E-state index in [1.165, 1.54) is 6.42 Å².